The van der Waals surface area contributed by atoms with Crippen LogP contribution in [0.15, 0.2) is 65.7 Å². The van der Waals surface area contributed by atoms with Gasteiger partial charge in [0, 0.05) is 6.54 Å². The number of unbranched alkanes of at least 4 members (excludes halogenated alkanes) is 1. The Morgan fingerprint density at radius 2 is 1.59 bits per heavy atom. The minimum Gasteiger partial charge on any atom is -0.321 e. The highest BCUT2D eigenvalue weighted by molar-refractivity contribution is 6.30. The molecule has 2 amide bonds. The molecule has 0 aromatic heterocycles. The number of carbonyl (C=O) groups excluding carboxylic acids is 2. The van der Waals surface area contributed by atoms with E-state index < -0.39 is 0 Å². The molecule has 2 aliphatic heterocycles. The molecule has 136 valence electrons. The molecule has 4 nitrogen and oxygen atoms in total. The highest BCUT2D eigenvalue weighted by atomic mass is 16.2. The van der Waals surface area contributed by atoms with E-state index in [1.165, 1.54) is 0 Å². The summed E-state index contributed by atoms with van der Waals surface area (Å²) in [5.74, 6) is -0.294. The Kier molecular flexibility index (Phi) is 4.40. The van der Waals surface area contributed by atoms with Crippen LogP contribution in [0.1, 0.15) is 36.5 Å². The normalized spacial score (nSPS) is 16.3. The van der Waals surface area contributed by atoms with Crippen molar-refractivity contribution in [2.24, 2.45) is 0 Å². The first-order chi connectivity index (χ1) is 13.1. The molecule has 2 aromatic rings. The van der Waals surface area contributed by atoms with Gasteiger partial charge in [0.1, 0.15) is 0 Å². The third kappa shape index (κ3) is 2.87. The van der Waals surface area contributed by atoms with Gasteiger partial charge in [-0.1, -0.05) is 73.5 Å². The standard InChI is InChI=1S/C23H22N2O2/c1-3-4-14-25-21(17-12-10-15(2)11-13-17)19-18(23(25)27)20(24-22(19)26)16-8-6-5-7-9-16/h5-13H,3-4,14H2,1-2H3,(H,24,26). The van der Waals surface area contributed by atoms with Crippen LogP contribution in [-0.2, 0) is 9.59 Å². The molecule has 2 aliphatic rings. The minimum absolute atomic E-state index is 0.0915. The Labute approximate surface area is 159 Å². The molecule has 0 atom stereocenters. The second kappa shape index (κ2) is 6.88. The van der Waals surface area contributed by atoms with Crippen LogP contribution in [0.3, 0.4) is 0 Å². The van der Waals surface area contributed by atoms with Crippen LogP contribution < -0.4 is 5.32 Å². The van der Waals surface area contributed by atoms with Crippen molar-refractivity contribution in [1.29, 1.82) is 0 Å². The van der Waals surface area contributed by atoms with Gasteiger partial charge in [0.05, 0.1) is 22.5 Å². The first-order valence-electron chi connectivity index (χ1n) is 9.36. The topological polar surface area (TPSA) is 49.4 Å². The molecule has 0 unspecified atom stereocenters. The van der Waals surface area contributed by atoms with E-state index in [9.17, 15) is 9.59 Å². The summed E-state index contributed by atoms with van der Waals surface area (Å²) in [7, 11) is 0. The van der Waals surface area contributed by atoms with Gasteiger partial charge < -0.3 is 10.2 Å². The zero-order valence-corrected chi connectivity index (χ0v) is 15.6. The third-order valence-electron chi connectivity index (χ3n) is 5.05. The van der Waals surface area contributed by atoms with Crippen LogP contribution in [0.2, 0.25) is 0 Å². The molecule has 0 spiro atoms. The molecule has 0 radical (unpaired) electrons. The van der Waals surface area contributed by atoms with Crippen LogP contribution in [0.5, 0.6) is 0 Å². The van der Waals surface area contributed by atoms with Gasteiger partial charge in [0.25, 0.3) is 11.8 Å². The fourth-order valence-corrected chi connectivity index (χ4v) is 3.65. The zero-order valence-electron chi connectivity index (χ0n) is 15.6. The predicted molar refractivity (Wildman–Crippen MR) is 106 cm³/mol. The number of fused-ring (bicyclic) bond motifs is 1. The number of hydrogen-bond donors (Lipinski definition) is 1. The molecule has 0 bridgehead atoms. The maximum Gasteiger partial charge on any atom is 0.261 e. The average molecular weight is 358 g/mol. The van der Waals surface area contributed by atoms with Crippen LogP contribution >= 0.6 is 0 Å². The predicted octanol–water partition coefficient (Wildman–Crippen LogP) is 3.89. The number of amides is 2. The summed E-state index contributed by atoms with van der Waals surface area (Å²) in [6.07, 6.45) is 1.88. The molecule has 1 N–H and O–H groups in total. The van der Waals surface area contributed by atoms with Gasteiger partial charge in [-0.3, -0.25) is 9.59 Å². The molecule has 0 fully saturated rings. The molecular formula is C23H22N2O2. The van der Waals surface area contributed by atoms with Crippen molar-refractivity contribution >= 4 is 23.2 Å². The molecule has 0 saturated carbocycles. The molecule has 0 saturated heterocycles. The first-order valence-corrected chi connectivity index (χ1v) is 9.36. The second-order valence-electron chi connectivity index (χ2n) is 6.97. The van der Waals surface area contributed by atoms with E-state index in [0.717, 1.165) is 35.2 Å². The van der Waals surface area contributed by atoms with Crippen molar-refractivity contribution in [3.63, 3.8) is 0 Å². The Morgan fingerprint density at radius 1 is 0.889 bits per heavy atom. The number of benzene rings is 2. The molecule has 2 heterocycles. The lowest BCUT2D eigenvalue weighted by atomic mass is 10.0. The van der Waals surface area contributed by atoms with Crippen molar-refractivity contribution in [3.8, 4) is 0 Å². The zero-order chi connectivity index (χ0) is 19.0. The lowest BCUT2D eigenvalue weighted by molar-refractivity contribution is -0.123. The first kappa shape index (κ1) is 17.3. The van der Waals surface area contributed by atoms with Crippen LogP contribution in [-0.4, -0.2) is 23.3 Å². The van der Waals surface area contributed by atoms with Crippen molar-refractivity contribution in [3.05, 3.63) is 82.4 Å². The number of nitrogens with zero attached hydrogens (tertiary/aromatic N) is 1. The summed E-state index contributed by atoms with van der Waals surface area (Å²) >= 11 is 0. The number of hydrogen-bond acceptors (Lipinski definition) is 2. The van der Waals surface area contributed by atoms with Gasteiger partial charge >= 0.3 is 0 Å². The Bertz CT molecular complexity index is 969. The molecular weight excluding hydrogens is 336 g/mol. The summed E-state index contributed by atoms with van der Waals surface area (Å²) in [5, 5.41) is 2.93. The molecule has 4 rings (SSSR count). The minimum atomic E-state index is -0.202. The fraction of sp³-hybridized carbons (Fsp3) is 0.217. The van der Waals surface area contributed by atoms with E-state index in [-0.39, 0.29) is 11.8 Å². The summed E-state index contributed by atoms with van der Waals surface area (Å²) in [5.41, 5.74) is 5.24. The SMILES string of the molecule is CCCCN1C(=O)C2=C(c3ccccc3)NC(=O)C2=C1c1ccc(C)cc1. The van der Waals surface area contributed by atoms with E-state index in [0.29, 0.717) is 23.4 Å². The van der Waals surface area contributed by atoms with E-state index in [4.69, 9.17) is 0 Å². The van der Waals surface area contributed by atoms with Gasteiger partial charge in [-0.25, -0.2) is 0 Å². The van der Waals surface area contributed by atoms with E-state index in [1.807, 2.05) is 61.5 Å². The quantitative estimate of drug-likeness (QED) is 0.881. The Hall–Kier alpha value is -3.14. The smallest absolute Gasteiger partial charge is 0.261 e. The Morgan fingerprint density at radius 3 is 2.26 bits per heavy atom. The summed E-state index contributed by atoms with van der Waals surface area (Å²) in [4.78, 5) is 28.0. The number of aryl methyl sites for hydroxylation is 1. The average Bonchev–Trinajstić information content (AvgIpc) is 3.17. The fourth-order valence-electron chi connectivity index (χ4n) is 3.65. The van der Waals surface area contributed by atoms with Gasteiger partial charge in [-0.15, -0.1) is 0 Å². The van der Waals surface area contributed by atoms with E-state index in [2.05, 4.69) is 12.2 Å². The lowest BCUT2D eigenvalue weighted by Crippen LogP contribution is -2.28. The summed E-state index contributed by atoms with van der Waals surface area (Å²) in [6.45, 7) is 4.74. The van der Waals surface area contributed by atoms with Crippen molar-refractivity contribution in [2.75, 3.05) is 6.54 Å². The van der Waals surface area contributed by atoms with Crippen molar-refractivity contribution in [1.82, 2.24) is 10.2 Å². The number of rotatable bonds is 5. The maximum atomic E-state index is 13.3. The van der Waals surface area contributed by atoms with E-state index >= 15 is 0 Å². The van der Waals surface area contributed by atoms with Gasteiger partial charge in [-0.2, -0.15) is 0 Å². The summed E-state index contributed by atoms with van der Waals surface area (Å²) < 4.78 is 0. The molecule has 27 heavy (non-hydrogen) atoms. The van der Waals surface area contributed by atoms with Crippen molar-refractivity contribution < 1.29 is 9.59 Å². The highest BCUT2D eigenvalue weighted by Gasteiger charge is 2.44. The van der Waals surface area contributed by atoms with Crippen molar-refractivity contribution in [2.45, 2.75) is 26.7 Å². The Balaban J connectivity index is 1.91. The molecule has 2 aromatic carbocycles. The number of carbonyl (C=O) groups is 2. The van der Waals surface area contributed by atoms with Crippen LogP contribution in [0, 0.1) is 6.92 Å². The lowest BCUT2D eigenvalue weighted by Gasteiger charge is -2.21. The monoisotopic (exact) mass is 358 g/mol. The second-order valence-corrected chi connectivity index (χ2v) is 6.97. The van der Waals surface area contributed by atoms with Crippen LogP contribution in [0.4, 0.5) is 0 Å². The number of nitrogens with one attached hydrogen (secondary N) is 1. The molecule has 4 heteroatoms. The van der Waals surface area contributed by atoms with Gasteiger partial charge in [0.2, 0.25) is 0 Å². The van der Waals surface area contributed by atoms with E-state index in [1.54, 1.807) is 4.90 Å². The highest BCUT2D eigenvalue weighted by Crippen LogP contribution is 2.42. The van der Waals surface area contributed by atoms with Crippen LogP contribution in [0.25, 0.3) is 11.4 Å². The summed E-state index contributed by atoms with van der Waals surface area (Å²) in [6, 6.07) is 17.6. The largest absolute Gasteiger partial charge is 0.321 e. The maximum absolute atomic E-state index is 13.3. The third-order valence-corrected chi connectivity index (χ3v) is 5.05. The van der Waals surface area contributed by atoms with Gasteiger partial charge in [-0.05, 0) is 24.5 Å². The molecule has 0 aliphatic carbocycles. The van der Waals surface area contributed by atoms with Gasteiger partial charge in [0.15, 0.2) is 0 Å².